The van der Waals surface area contributed by atoms with Gasteiger partial charge in [-0.05, 0) is 97.7 Å². The van der Waals surface area contributed by atoms with E-state index in [4.69, 9.17) is 4.52 Å². The van der Waals surface area contributed by atoms with Gasteiger partial charge in [0.2, 0.25) is 0 Å². The maximum atomic E-state index is 11.1. The molecule has 0 spiro atoms. The second-order valence-corrected chi connectivity index (χ2v) is 13.8. The van der Waals surface area contributed by atoms with Crippen LogP contribution in [0.1, 0.15) is 105 Å². The SMILES string of the molecule is CC(C)CCC[C@@H](C)[C@H]1CC[C@H]2[C@@H]3CC=C4C[C@@H](OP(=O)([O-])[O-])CC[C@]4(C)[C@H]3CC[C@]12C.[Ca+2]. The van der Waals surface area contributed by atoms with Gasteiger partial charge in [0.1, 0.15) is 0 Å². The minimum atomic E-state index is -4.91. The summed E-state index contributed by atoms with van der Waals surface area (Å²) in [4.78, 5) is 22.3. The number of hydrogen-bond donors (Lipinski definition) is 0. The molecule has 4 rings (SSSR count). The molecule has 8 atom stereocenters. The quantitative estimate of drug-likeness (QED) is 0.247. The van der Waals surface area contributed by atoms with Crippen LogP contribution >= 0.6 is 7.82 Å². The molecule has 3 saturated carbocycles. The Morgan fingerprint density at radius 3 is 2.45 bits per heavy atom. The second-order valence-electron chi connectivity index (χ2n) is 12.7. The first kappa shape index (κ1) is 28.7. The van der Waals surface area contributed by atoms with Gasteiger partial charge in [0.05, 0.1) is 13.9 Å². The summed E-state index contributed by atoms with van der Waals surface area (Å²) in [6, 6.07) is 0. The van der Waals surface area contributed by atoms with E-state index >= 15 is 0 Å². The third-order valence-electron chi connectivity index (χ3n) is 10.5. The number of phosphoric ester groups is 1. The molecule has 0 saturated heterocycles. The molecule has 0 N–H and O–H groups in total. The predicted octanol–water partition coefficient (Wildman–Crippen LogP) is 5.86. The molecule has 0 amide bonds. The molecule has 0 aliphatic heterocycles. The maximum absolute atomic E-state index is 11.1. The molecule has 0 aromatic carbocycles. The number of allylic oxidation sites excluding steroid dienone is 1. The normalized spacial score (nSPS) is 41.5. The van der Waals surface area contributed by atoms with Crippen molar-refractivity contribution >= 4 is 45.6 Å². The van der Waals surface area contributed by atoms with Crippen LogP contribution in [0.4, 0.5) is 0 Å². The second kappa shape index (κ2) is 10.8. The third kappa shape index (κ3) is 5.83. The van der Waals surface area contributed by atoms with Gasteiger partial charge in [-0.2, -0.15) is 0 Å². The van der Waals surface area contributed by atoms with Crippen LogP contribution in [0, 0.1) is 46.3 Å². The molecule has 0 radical (unpaired) electrons. The van der Waals surface area contributed by atoms with E-state index in [2.05, 4.69) is 40.7 Å². The van der Waals surface area contributed by atoms with E-state index in [0.717, 1.165) is 42.4 Å². The average molecular weight is 505 g/mol. The zero-order valence-corrected chi connectivity index (χ0v) is 24.8. The minimum Gasteiger partial charge on any atom is -0.790 e. The van der Waals surface area contributed by atoms with Gasteiger partial charge in [-0.1, -0.05) is 65.5 Å². The molecule has 0 bridgehead atoms. The van der Waals surface area contributed by atoms with E-state index in [1.54, 1.807) is 0 Å². The number of rotatable bonds is 7. The Kier molecular flexibility index (Phi) is 9.42. The van der Waals surface area contributed by atoms with Crippen molar-refractivity contribution in [3.05, 3.63) is 11.6 Å². The van der Waals surface area contributed by atoms with Crippen LogP contribution in [0.15, 0.2) is 11.6 Å². The summed E-state index contributed by atoms with van der Waals surface area (Å²) in [5, 5.41) is 0. The van der Waals surface area contributed by atoms with E-state index < -0.39 is 13.9 Å². The fourth-order valence-corrected chi connectivity index (χ4v) is 9.47. The predicted molar refractivity (Wildman–Crippen MR) is 131 cm³/mol. The first-order valence-electron chi connectivity index (χ1n) is 13.3. The molecule has 4 aliphatic rings. The van der Waals surface area contributed by atoms with Crippen molar-refractivity contribution in [3.8, 4) is 0 Å². The van der Waals surface area contributed by atoms with Crippen LogP contribution in [0.25, 0.3) is 0 Å². The fraction of sp³-hybridized carbons (Fsp3) is 0.926. The Labute approximate surface area is 232 Å². The molecule has 184 valence electrons. The number of fused-ring (bicyclic) bond motifs is 5. The standard InChI is InChI=1S/C27H47O4P.Ca/c1-18(2)7-6-8-19(3)23-11-12-24-22-10-9-20-17-21(31-32(28,29)30)13-15-26(20,4)25(22)14-16-27(23,24)5;/h9,18-19,21-25H,6-8,10-17H2,1-5H3,(H2,28,29,30);/q;+2/p-2/t19-,21+,22+,23-,24+,25+,26+,27-;/m1./s1. The molecule has 33 heavy (non-hydrogen) atoms. The third-order valence-corrected chi connectivity index (χ3v) is 11.1. The molecular formula is C27H45CaO4P. The van der Waals surface area contributed by atoms with Crippen molar-refractivity contribution in [2.75, 3.05) is 0 Å². The van der Waals surface area contributed by atoms with Gasteiger partial charge < -0.3 is 18.9 Å². The first-order valence-corrected chi connectivity index (χ1v) is 14.8. The summed E-state index contributed by atoms with van der Waals surface area (Å²) in [5.74, 6) is 4.79. The Morgan fingerprint density at radius 1 is 1.06 bits per heavy atom. The summed E-state index contributed by atoms with van der Waals surface area (Å²) in [7, 11) is -4.91. The van der Waals surface area contributed by atoms with Gasteiger partial charge >= 0.3 is 37.7 Å². The number of hydrogen-bond acceptors (Lipinski definition) is 4. The summed E-state index contributed by atoms with van der Waals surface area (Å²) in [6.07, 6.45) is 14.9. The Morgan fingerprint density at radius 2 is 1.79 bits per heavy atom. The molecular weight excluding hydrogens is 459 g/mol. The molecule has 0 heterocycles. The first-order chi connectivity index (χ1) is 14.9. The summed E-state index contributed by atoms with van der Waals surface area (Å²) >= 11 is 0. The van der Waals surface area contributed by atoms with Crippen molar-refractivity contribution in [3.63, 3.8) is 0 Å². The van der Waals surface area contributed by atoms with Crippen LogP contribution in [0.2, 0.25) is 0 Å². The van der Waals surface area contributed by atoms with Crippen LogP contribution in [0.3, 0.4) is 0 Å². The largest absolute Gasteiger partial charge is 2.00 e. The molecule has 0 aromatic rings. The smallest absolute Gasteiger partial charge is 0.790 e. The van der Waals surface area contributed by atoms with Gasteiger partial charge in [0, 0.05) is 0 Å². The average Bonchev–Trinajstić information content (AvgIpc) is 3.04. The zero-order valence-electron chi connectivity index (χ0n) is 21.7. The molecule has 0 aromatic heterocycles. The fourth-order valence-electron chi connectivity index (χ4n) is 8.92. The van der Waals surface area contributed by atoms with Gasteiger partial charge in [-0.25, -0.2) is 0 Å². The van der Waals surface area contributed by atoms with Crippen molar-refractivity contribution in [2.45, 2.75) is 111 Å². The summed E-state index contributed by atoms with van der Waals surface area (Å²) in [5.41, 5.74) is 2.00. The van der Waals surface area contributed by atoms with Gasteiger partial charge in [-0.3, -0.25) is 0 Å². The monoisotopic (exact) mass is 504 g/mol. The number of phosphoric acid groups is 1. The van der Waals surface area contributed by atoms with Gasteiger partial charge in [-0.15, -0.1) is 0 Å². The maximum Gasteiger partial charge on any atom is 2.00 e. The van der Waals surface area contributed by atoms with Crippen molar-refractivity contribution < 1.29 is 18.9 Å². The van der Waals surface area contributed by atoms with Crippen molar-refractivity contribution in [1.29, 1.82) is 0 Å². The van der Waals surface area contributed by atoms with Crippen molar-refractivity contribution in [1.82, 2.24) is 0 Å². The molecule has 0 unspecified atom stereocenters. The van der Waals surface area contributed by atoms with E-state index in [-0.39, 0.29) is 43.2 Å². The van der Waals surface area contributed by atoms with E-state index in [1.807, 2.05) is 0 Å². The van der Waals surface area contributed by atoms with Crippen molar-refractivity contribution in [2.24, 2.45) is 46.3 Å². The van der Waals surface area contributed by atoms with E-state index in [9.17, 15) is 14.4 Å². The molecule has 6 heteroatoms. The van der Waals surface area contributed by atoms with Crippen LogP contribution < -0.4 is 9.79 Å². The molecule has 4 nitrogen and oxygen atoms in total. The zero-order chi connectivity index (χ0) is 23.3. The summed E-state index contributed by atoms with van der Waals surface area (Å²) < 4.78 is 16.0. The van der Waals surface area contributed by atoms with Crippen LogP contribution in [-0.4, -0.2) is 43.8 Å². The molecule has 3 fully saturated rings. The minimum absolute atomic E-state index is 0. The Hall–Kier alpha value is 1.11. The van der Waals surface area contributed by atoms with Crippen LogP contribution in [0.5, 0.6) is 0 Å². The Balaban J connectivity index is 0.00000306. The van der Waals surface area contributed by atoms with Crippen LogP contribution in [-0.2, 0) is 9.09 Å². The van der Waals surface area contributed by atoms with E-state index in [0.29, 0.717) is 24.2 Å². The van der Waals surface area contributed by atoms with Gasteiger partial charge in [0.25, 0.3) is 0 Å². The Bertz CT molecular complexity index is 763. The molecule has 4 aliphatic carbocycles. The summed E-state index contributed by atoms with van der Waals surface area (Å²) in [6.45, 7) is 12.2. The van der Waals surface area contributed by atoms with E-state index in [1.165, 1.54) is 50.5 Å². The van der Waals surface area contributed by atoms with Gasteiger partial charge in [0.15, 0.2) is 0 Å². The topological polar surface area (TPSA) is 72.4 Å².